The van der Waals surface area contributed by atoms with Crippen LogP contribution in [0.1, 0.15) is 12.8 Å². The van der Waals surface area contributed by atoms with Crippen LogP contribution in [0.3, 0.4) is 0 Å². The van der Waals surface area contributed by atoms with Gasteiger partial charge in [0.15, 0.2) is 6.29 Å². The molecule has 0 aliphatic carbocycles. The molecule has 6 heteroatoms. The first kappa shape index (κ1) is 13.0. The first-order chi connectivity index (χ1) is 8.64. The van der Waals surface area contributed by atoms with Gasteiger partial charge < -0.3 is 4.74 Å². The summed E-state index contributed by atoms with van der Waals surface area (Å²) >= 11 is 0. The van der Waals surface area contributed by atoms with Crippen molar-refractivity contribution in [3.63, 3.8) is 0 Å². The first-order valence-corrected chi connectivity index (χ1v) is 7.25. The van der Waals surface area contributed by atoms with E-state index in [0.717, 1.165) is 12.8 Å². The summed E-state index contributed by atoms with van der Waals surface area (Å²) in [6, 6.07) is 6.14. The highest BCUT2D eigenvalue weighted by molar-refractivity contribution is 7.89. The number of sulfonamides is 1. The van der Waals surface area contributed by atoms with Crippen LogP contribution in [0.5, 0.6) is 5.75 Å². The second kappa shape index (κ2) is 5.49. The molecule has 1 heterocycles. The number of hydrogen-bond donors (Lipinski definition) is 0. The van der Waals surface area contributed by atoms with E-state index >= 15 is 0 Å². The normalized spacial score (nSPS) is 16.7. The van der Waals surface area contributed by atoms with Gasteiger partial charge in [0.25, 0.3) is 0 Å². The number of aldehydes is 1. The van der Waals surface area contributed by atoms with Crippen LogP contribution in [-0.4, -0.2) is 38.7 Å². The fraction of sp³-hybridized carbons (Fsp3) is 0.417. The number of carbonyl (C=O) groups is 1. The highest BCUT2D eigenvalue weighted by Gasteiger charge is 2.26. The minimum atomic E-state index is -3.37. The molecule has 0 saturated carbocycles. The fourth-order valence-electron chi connectivity index (χ4n) is 1.92. The predicted octanol–water partition coefficient (Wildman–Crippen LogP) is 1.05. The lowest BCUT2D eigenvalue weighted by Crippen LogP contribution is -2.27. The molecule has 0 atom stereocenters. The number of nitrogens with zero attached hydrogens (tertiary/aromatic N) is 1. The Morgan fingerprint density at radius 3 is 2.33 bits per heavy atom. The van der Waals surface area contributed by atoms with Crippen LogP contribution in [0.25, 0.3) is 0 Å². The van der Waals surface area contributed by atoms with E-state index in [-0.39, 0.29) is 11.5 Å². The van der Waals surface area contributed by atoms with Crippen molar-refractivity contribution in [1.82, 2.24) is 4.31 Å². The van der Waals surface area contributed by atoms with Gasteiger partial charge in [-0.05, 0) is 37.1 Å². The van der Waals surface area contributed by atoms with Crippen molar-refractivity contribution in [2.75, 3.05) is 19.7 Å². The molecule has 2 rings (SSSR count). The van der Waals surface area contributed by atoms with Crippen molar-refractivity contribution in [3.05, 3.63) is 24.3 Å². The highest BCUT2D eigenvalue weighted by atomic mass is 32.2. The number of rotatable bonds is 5. The lowest BCUT2D eigenvalue weighted by atomic mass is 10.3. The molecule has 18 heavy (non-hydrogen) atoms. The lowest BCUT2D eigenvalue weighted by molar-refractivity contribution is -0.109. The van der Waals surface area contributed by atoms with Crippen molar-refractivity contribution in [2.45, 2.75) is 17.7 Å². The van der Waals surface area contributed by atoms with E-state index in [4.69, 9.17) is 4.74 Å². The summed E-state index contributed by atoms with van der Waals surface area (Å²) in [5.74, 6) is 0.488. The Morgan fingerprint density at radius 2 is 1.78 bits per heavy atom. The molecule has 5 nitrogen and oxygen atoms in total. The fourth-order valence-corrected chi connectivity index (χ4v) is 3.43. The molecule has 1 aliphatic heterocycles. The van der Waals surface area contributed by atoms with Crippen LogP contribution in [0.2, 0.25) is 0 Å². The zero-order valence-electron chi connectivity index (χ0n) is 9.91. The minimum absolute atomic E-state index is 0.0295. The van der Waals surface area contributed by atoms with Crippen molar-refractivity contribution in [2.24, 2.45) is 0 Å². The Balaban J connectivity index is 2.15. The van der Waals surface area contributed by atoms with E-state index in [1.54, 1.807) is 12.1 Å². The second-order valence-corrected chi connectivity index (χ2v) is 6.00. The maximum absolute atomic E-state index is 12.2. The summed E-state index contributed by atoms with van der Waals surface area (Å²) in [6.45, 7) is 1.15. The molecular weight excluding hydrogens is 254 g/mol. The zero-order chi connectivity index (χ0) is 13.0. The van der Waals surface area contributed by atoms with Crippen LogP contribution >= 0.6 is 0 Å². The van der Waals surface area contributed by atoms with E-state index in [1.807, 2.05) is 0 Å². The van der Waals surface area contributed by atoms with Gasteiger partial charge >= 0.3 is 0 Å². The molecule has 0 aromatic heterocycles. The average Bonchev–Trinajstić information content (AvgIpc) is 2.91. The van der Waals surface area contributed by atoms with Crippen LogP contribution < -0.4 is 4.74 Å². The van der Waals surface area contributed by atoms with Gasteiger partial charge in [-0.2, -0.15) is 4.31 Å². The van der Waals surface area contributed by atoms with Gasteiger partial charge in [0.05, 0.1) is 4.90 Å². The molecule has 1 fully saturated rings. The zero-order valence-corrected chi connectivity index (χ0v) is 10.7. The number of benzene rings is 1. The Labute approximate surface area is 106 Å². The van der Waals surface area contributed by atoms with E-state index in [1.165, 1.54) is 16.4 Å². The van der Waals surface area contributed by atoms with Crippen molar-refractivity contribution in [3.8, 4) is 5.75 Å². The summed E-state index contributed by atoms with van der Waals surface area (Å²) in [5.41, 5.74) is 0. The van der Waals surface area contributed by atoms with Gasteiger partial charge in [-0.15, -0.1) is 0 Å². The van der Waals surface area contributed by atoms with Crippen LogP contribution in [0.4, 0.5) is 0 Å². The molecule has 98 valence electrons. The standard InChI is InChI=1S/C12H15NO4S/c14-9-10-17-11-3-5-12(6-4-11)18(15,16)13-7-1-2-8-13/h3-6,9H,1-2,7-8,10H2. The number of carbonyl (C=O) groups excluding carboxylic acids is 1. The largest absolute Gasteiger partial charge is 0.486 e. The molecule has 1 aliphatic rings. The van der Waals surface area contributed by atoms with E-state index in [9.17, 15) is 13.2 Å². The molecular formula is C12H15NO4S. The third kappa shape index (κ3) is 2.70. The third-order valence-electron chi connectivity index (χ3n) is 2.84. The van der Waals surface area contributed by atoms with Crippen LogP contribution in [0, 0.1) is 0 Å². The maximum atomic E-state index is 12.2. The monoisotopic (exact) mass is 269 g/mol. The van der Waals surface area contributed by atoms with Gasteiger partial charge in [-0.25, -0.2) is 8.42 Å². The predicted molar refractivity (Wildman–Crippen MR) is 66.0 cm³/mol. The summed E-state index contributed by atoms with van der Waals surface area (Å²) in [4.78, 5) is 10.4. The SMILES string of the molecule is O=CCOc1ccc(S(=O)(=O)N2CCCC2)cc1. The molecule has 1 saturated heterocycles. The molecule has 1 aromatic carbocycles. The third-order valence-corrected chi connectivity index (χ3v) is 4.76. The summed E-state index contributed by atoms with van der Waals surface area (Å²) in [7, 11) is -3.37. The quantitative estimate of drug-likeness (QED) is 0.749. The Bertz CT molecular complexity index is 503. The minimum Gasteiger partial charge on any atom is -0.486 e. The lowest BCUT2D eigenvalue weighted by Gasteiger charge is -2.15. The topological polar surface area (TPSA) is 63.7 Å². The molecule has 0 amide bonds. The maximum Gasteiger partial charge on any atom is 0.243 e. The van der Waals surface area contributed by atoms with E-state index in [0.29, 0.717) is 25.1 Å². The van der Waals surface area contributed by atoms with Crippen molar-refractivity contribution < 1.29 is 17.9 Å². The van der Waals surface area contributed by atoms with Gasteiger partial charge in [-0.3, -0.25) is 4.79 Å². The molecule has 1 aromatic rings. The summed E-state index contributed by atoms with van der Waals surface area (Å²) in [5, 5.41) is 0. The second-order valence-electron chi connectivity index (χ2n) is 4.06. The number of ether oxygens (including phenoxy) is 1. The van der Waals surface area contributed by atoms with E-state index in [2.05, 4.69) is 0 Å². The first-order valence-electron chi connectivity index (χ1n) is 5.81. The van der Waals surface area contributed by atoms with Gasteiger partial charge in [-0.1, -0.05) is 0 Å². The Hall–Kier alpha value is -1.40. The molecule has 0 N–H and O–H groups in total. The highest BCUT2D eigenvalue weighted by Crippen LogP contribution is 2.22. The van der Waals surface area contributed by atoms with Crippen molar-refractivity contribution >= 4 is 16.3 Å². The van der Waals surface area contributed by atoms with E-state index < -0.39 is 10.0 Å². The summed E-state index contributed by atoms with van der Waals surface area (Å²) < 4.78 is 30.9. The summed E-state index contributed by atoms with van der Waals surface area (Å²) in [6.07, 6.45) is 2.48. The van der Waals surface area contributed by atoms with Crippen molar-refractivity contribution in [1.29, 1.82) is 0 Å². The molecule has 0 bridgehead atoms. The molecule has 0 spiro atoms. The average molecular weight is 269 g/mol. The Kier molecular flexibility index (Phi) is 3.98. The van der Waals surface area contributed by atoms with Gasteiger partial charge in [0, 0.05) is 13.1 Å². The smallest absolute Gasteiger partial charge is 0.243 e. The van der Waals surface area contributed by atoms with Gasteiger partial charge in [0.1, 0.15) is 12.4 Å². The van der Waals surface area contributed by atoms with Gasteiger partial charge in [0.2, 0.25) is 10.0 Å². The number of hydrogen-bond acceptors (Lipinski definition) is 4. The molecule has 0 unspecified atom stereocenters. The van der Waals surface area contributed by atoms with Crippen LogP contribution in [0.15, 0.2) is 29.2 Å². The Morgan fingerprint density at radius 1 is 1.17 bits per heavy atom. The molecule has 0 radical (unpaired) electrons. The van der Waals surface area contributed by atoms with Crippen LogP contribution in [-0.2, 0) is 14.8 Å².